The molecule has 0 aliphatic heterocycles. The minimum Gasteiger partial charge on any atom is -0.424 e. The van der Waals surface area contributed by atoms with Crippen LogP contribution in [0, 0.1) is 0 Å². The first-order chi connectivity index (χ1) is 9.04. The highest BCUT2D eigenvalue weighted by Gasteiger charge is 2.60. The molecule has 6 N–H and O–H groups in total. The molecule has 0 aromatic rings. The summed E-state index contributed by atoms with van der Waals surface area (Å²) in [6, 6.07) is 0. The lowest BCUT2D eigenvalue weighted by Gasteiger charge is -2.46. The highest BCUT2D eigenvalue weighted by atomic mass is 16.7. The summed E-state index contributed by atoms with van der Waals surface area (Å²) >= 11 is 0. The quantitative estimate of drug-likeness (QED) is 0.184. The molecule has 1 saturated carbocycles. The Labute approximate surface area is 115 Å². The van der Waals surface area contributed by atoms with Crippen molar-refractivity contribution in [3.8, 4) is 0 Å². The standard InChI is InChI=1S/C12H20O8/c1-4(2)5(3)11(18)20-12(19)9(16)7(14)6(13)8(15)10(12)17/h6-10,13-17,19H,1-3H3/t6?,7-,8+,9-,10-,12?/m1/s1. The number of carbonyl (C=O) groups is 1. The Morgan fingerprint density at radius 2 is 1.30 bits per heavy atom. The smallest absolute Gasteiger partial charge is 0.336 e. The zero-order valence-corrected chi connectivity index (χ0v) is 11.4. The van der Waals surface area contributed by atoms with Crippen molar-refractivity contribution < 1.29 is 40.2 Å². The van der Waals surface area contributed by atoms with Gasteiger partial charge in [0.05, 0.1) is 0 Å². The number of carbonyl (C=O) groups excluding carboxylic acids is 1. The third kappa shape index (κ3) is 2.71. The number of hydrogen-bond acceptors (Lipinski definition) is 8. The fourth-order valence-electron chi connectivity index (χ4n) is 1.79. The van der Waals surface area contributed by atoms with Gasteiger partial charge in [0.1, 0.15) is 18.3 Å². The van der Waals surface area contributed by atoms with E-state index in [-0.39, 0.29) is 5.57 Å². The van der Waals surface area contributed by atoms with Gasteiger partial charge in [0.2, 0.25) is 0 Å². The summed E-state index contributed by atoms with van der Waals surface area (Å²) in [5.74, 6) is -3.95. The van der Waals surface area contributed by atoms with Crippen LogP contribution in [0.1, 0.15) is 20.8 Å². The minimum atomic E-state index is -2.92. The maximum absolute atomic E-state index is 11.8. The van der Waals surface area contributed by atoms with Gasteiger partial charge >= 0.3 is 5.97 Å². The van der Waals surface area contributed by atoms with Crippen LogP contribution in [0.5, 0.6) is 0 Å². The van der Waals surface area contributed by atoms with Crippen LogP contribution >= 0.6 is 0 Å². The fraction of sp³-hybridized carbons (Fsp3) is 0.750. The Hall–Kier alpha value is -1.03. The van der Waals surface area contributed by atoms with Gasteiger partial charge in [0.25, 0.3) is 5.79 Å². The molecule has 0 saturated heterocycles. The van der Waals surface area contributed by atoms with Crippen molar-refractivity contribution >= 4 is 5.97 Å². The highest BCUT2D eigenvalue weighted by molar-refractivity contribution is 5.88. The number of allylic oxidation sites excluding steroid dienone is 1. The molecule has 2 unspecified atom stereocenters. The maximum atomic E-state index is 11.8. The van der Waals surface area contributed by atoms with Gasteiger partial charge < -0.3 is 35.4 Å². The molecule has 0 spiro atoms. The molecule has 1 aliphatic carbocycles. The Balaban J connectivity index is 3.07. The summed E-state index contributed by atoms with van der Waals surface area (Å²) < 4.78 is 4.64. The summed E-state index contributed by atoms with van der Waals surface area (Å²) in [6.07, 6.45) is -10.2. The van der Waals surface area contributed by atoms with Gasteiger partial charge in [-0.25, -0.2) is 4.79 Å². The molecular formula is C12H20O8. The Kier molecular flexibility index (Phi) is 4.90. The second-order valence-corrected chi connectivity index (χ2v) is 5.13. The molecule has 0 heterocycles. The second-order valence-electron chi connectivity index (χ2n) is 5.13. The molecular weight excluding hydrogens is 272 g/mol. The van der Waals surface area contributed by atoms with E-state index in [2.05, 4.69) is 4.74 Å². The second kappa shape index (κ2) is 5.76. The van der Waals surface area contributed by atoms with E-state index in [9.17, 15) is 35.4 Å². The molecule has 116 valence electrons. The highest BCUT2D eigenvalue weighted by Crippen LogP contribution is 2.32. The average Bonchev–Trinajstić information content (AvgIpc) is 2.40. The molecule has 1 aliphatic rings. The Morgan fingerprint density at radius 1 is 0.900 bits per heavy atom. The molecule has 0 bridgehead atoms. The van der Waals surface area contributed by atoms with Crippen LogP contribution < -0.4 is 0 Å². The molecule has 6 atom stereocenters. The van der Waals surface area contributed by atoms with E-state index in [0.29, 0.717) is 5.57 Å². The van der Waals surface area contributed by atoms with Crippen molar-refractivity contribution in [1.29, 1.82) is 0 Å². The van der Waals surface area contributed by atoms with Crippen molar-refractivity contribution in [2.75, 3.05) is 0 Å². The number of ether oxygens (including phenoxy) is 1. The lowest BCUT2D eigenvalue weighted by atomic mass is 9.82. The van der Waals surface area contributed by atoms with Gasteiger partial charge in [-0.2, -0.15) is 0 Å². The number of aliphatic hydroxyl groups excluding tert-OH is 5. The molecule has 20 heavy (non-hydrogen) atoms. The third-order valence-corrected chi connectivity index (χ3v) is 3.51. The van der Waals surface area contributed by atoms with Crippen LogP contribution in [0.4, 0.5) is 0 Å². The van der Waals surface area contributed by atoms with Crippen LogP contribution in [0.3, 0.4) is 0 Å². The lowest BCUT2D eigenvalue weighted by Crippen LogP contribution is -2.72. The van der Waals surface area contributed by atoms with Crippen molar-refractivity contribution in [2.45, 2.75) is 57.1 Å². The molecule has 1 rings (SSSR count). The predicted octanol–water partition coefficient (Wildman–Crippen LogP) is -2.61. The first-order valence-electron chi connectivity index (χ1n) is 6.04. The Bertz CT molecular complexity index is 398. The number of aliphatic hydroxyl groups is 6. The van der Waals surface area contributed by atoms with E-state index in [0.717, 1.165) is 0 Å². The zero-order valence-electron chi connectivity index (χ0n) is 11.4. The van der Waals surface area contributed by atoms with Gasteiger partial charge in [-0.3, -0.25) is 0 Å². The first kappa shape index (κ1) is 17.0. The van der Waals surface area contributed by atoms with E-state index < -0.39 is 42.3 Å². The van der Waals surface area contributed by atoms with Crippen molar-refractivity contribution in [1.82, 2.24) is 0 Å². The molecule has 8 heteroatoms. The SMILES string of the molecule is CC(C)=C(C)C(=O)OC1(O)[C@H](O)[C@H](O)C(O)[C@H](O)[C@H]1O. The molecule has 1 fully saturated rings. The summed E-state index contributed by atoms with van der Waals surface area (Å²) in [5, 5.41) is 57.8. The number of hydrogen-bond donors (Lipinski definition) is 6. The van der Waals surface area contributed by atoms with Crippen LogP contribution in [-0.4, -0.2) is 72.9 Å². The molecule has 0 amide bonds. The molecule has 0 radical (unpaired) electrons. The zero-order chi connectivity index (χ0) is 15.8. The number of rotatable bonds is 2. The monoisotopic (exact) mass is 292 g/mol. The van der Waals surface area contributed by atoms with Gasteiger partial charge in [0, 0.05) is 5.57 Å². The summed E-state index contributed by atoms with van der Waals surface area (Å²) in [5.41, 5.74) is 0.715. The summed E-state index contributed by atoms with van der Waals surface area (Å²) in [7, 11) is 0. The van der Waals surface area contributed by atoms with E-state index in [4.69, 9.17) is 0 Å². The molecule has 8 nitrogen and oxygen atoms in total. The van der Waals surface area contributed by atoms with E-state index in [1.165, 1.54) is 6.92 Å². The van der Waals surface area contributed by atoms with Gasteiger partial charge in [-0.05, 0) is 20.8 Å². The average molecular weight is 292 g/mol. The fourth-order valence-corrected chi connectivity index (χ4v) is 1.79. The van der Waals surface area contributed by atoms with Gasteiger partial charge in [-0.15, -0.1) is 0 Å². The van der Waals surface area contributed by atoms with Gasteiger partial charge in [0.15, 0.2) is 12.2 Å². The normalized spacial score (nSPS) is 41.1. The van der Waals surface area contributed by atoms with E-state index in [1.807, 2.05) is 0 Å². The van der Waals surface area contributed by atoms with E-state index >= 15 is 0 Å². The third-order valence-electron chi connectivity index (χ3n) is 3.51. The topological polar surface area (TPSA) is 148 Å². The van der Waals surface area contributed by atoms with Crippen LogP contribution in [-0.2, 0) is 9.53 Å². The summed E-state index contributed by atoms with van der Waals surface area (Å²) in [6.45, 7) is 4.63. The molecule has 0 aromatic carbocycles. The number of esters is 1. The lowest BCUT2D eigenvalue weighted by molar-refractivity contribution is -0.346. The van der Waals surface area contributed by atoms with Crippen LogP contribution in [0.25, 0.3) is 0 Å². The maximum Gasteiger partial charge on any atom is 0.336 e. The van der Waals surface area contributed by atoms with Crippen molar-refractivity contribution in [3.05, 3.63) is 11.1 Å². The van der Waals surface area contributed by atoms with E-state index in [1.54, 1.807) is 13.8 Å². The largest absolute Gasteiger partial charge is 0.424 e. The van der Waals surface area contributed by atoms with Crippen molar-refractivity contribution in [3.63, 3.8) is 0 Å². The predicted molar refractivity (Wildman–Crippen MR) is 65.1 cm³/mol. The minimum absolute atomic E-state index is 0.132. The first-order valence-corrected chi connectivity index (χ1v) is 6.04. The summed E-state index contributed by atoms with van der Waals surface area (Å²) in [4.78, 5) is 11.8. The Morgan fingerprint density at radius 3 is 1.65 bits per heavy atom. The van der Waals surface area contributed by atoms with Crippen LogP contribution in [0.2, 0.25) is 0 Å². The van der Waals surface area contributed by atoms with Crippen LogP contribution in [0.15, 0.2) is 11.1 Å². The van der Waals surface area contributed by atoms with Crippen molar-refractivity contribution in [2.24, 2.45) is 0 Å². The molecule has 0 aromatic heterocycles. The van der Waals surface area contributed by atoms with Gasteiger partial charge in [-0.1, -0.05) is 5.57 Å².